The summed E-state index contributed by atoms with van der Waals surface area (Å²) in [5.74, 6) is 0. The van der Waals surface area contributed by atoms with Gasteiger partial charge in [0.1, 0.15) is 6.07 Å². The van der Waals surface area contributed by atoms with Crippen LogP contribution >= 0.6 is 15.9 Å². The van der Waals surface area contributed by atoms with Crippen molar-refractivity contribution in [3.8, 4) is 6.07 Å². The van der Waals surface area contributed by atoms with Gasteiger partial charge in [-0.2, -0.15) is 5.26 Å². The minimum atomic E-state index is 0.283. The largest absolute Gasteiger partial charge is 0.381 e. The van der Waals surface area contributed by atoms with Crippen LogP contribution in [0.25, 0.3) is 0 Å². The Bertz CT molecular complexity index is 408. The number of nitriles is 1. The van der Waals surface area contributed by atoms with Crippen LogP contribution in [0.4, 0.5) is 5.69 Å². The fourth-order valence-electron chi connectivity index (χ4n) is 1.81. The summed E-state index contributed by atoms with van der Waals surface area (Å²) in [6.45, 7) is 1.63. The van der Waals surface area contributed by atoms with Crippen molar-refractivity contribution in [1.29, 1.82) is 5.26 Å². The highest BCUT2D eigenvalue weighted by Crippen LogP contribution is 2.24. The minimum absolute atomic E-state index is 0.283. The van der Waals surface area contributed by atoms with E-state index >= 15 is 0 Å². The predicted molar refractivity (Wildman–Crippen MR) is 66.3 cm³/mol. The normalized spacial score (nSPS) is 19.4. The topological polar surface area (TPSA) is 45.0 Å². The number of hydrogen-bond acceptors (Lipinski definition) is 3. The highest BCUT2D eigenvalue weighted by molar-refractivity contribution is 9.10. The molecule has 0 amide bonds. The summed E-state index contributed by atoms with van der Waals surface area (Å²) in [4.78, 5) is 0. The lowest BCUT2D eigenvalue weighted by molar-refractivity contribution is 0.120. The van der Waals surface area contributed by atoms with E-state index in [0.29, 0.717) is 5.56 Å². The Balaban J connectivity index is 2.03. The summed E-state index contributed by atoms with van der Waals surface area (Å²) in [6.07, 6.45) is 2.52. The lowest BCUT2D eigenvalue weighted by Crippen LogP contribution is -2.18. The van der Waals surface area contributed by atoms with E-state index in [1.807, 2.05) is 18.2 Å². The Labute approximate surface area is 104 Å². The van der Waals surface area contributed by atoms with Crippen molar-refractivity contribution >= 4 is 21.6 Å². The van der Waals surface area contributed by atoms with Gasteiger partial charge in [0.2, 0.25) is 0 Å². The van der Waals surface area contributed by atoms with Crippen molar-refractivity contribution in [3.05, 3.63) is 28.2 Å². The Morgan fingerprint density at radius 2 is 2.44 bits per heavy atom. The summed E-state index contributed by atoms with van der Waals surface area (Å²) in [5, 5.41) is 12.3. The molecule has 2 rings (SSSR count). The molecule has 0 saturated carbocycles. The van der Waals surface area contributed by atoms with Gasteiger partial charge in [-0.15, -0.1) is 0 Å². The van der Waals surface area contributed by atoms with Gasteiger partial charge in [0, 0.05) is 17.6 Å². The highest BCUT2D eigenvalue weighted by atomic mass is 79.9. The van der Waals surface area contributed by atoms with Gasteiger partial charge in [-0.1, -0.05) is 6.07 Å². The molecule has 1 aliphatic rings. The van der Waals surface area contributed by atoms with Crippen molar-refractivity contribution in [2.24, 2.45) is 0 Å². The molecule has 1 heterocycles. The van der Waals surface area contributed by atoms with Crippen molar-refractivity contribution in [2.45, 2.75) is 18.9 Å². The lowest BCUT2D eigenvalue weighted by atomic mass is 10.2. The van der Waals surface area contributed by atoms with Crippen LogP contribution in [0.1, 0.15) is 18.4 Å². The fraction of sp³-hybridized carbons (Fsp3) is 0.417. The lowest BCUT2D eigenvalue weighted by Gasteiger charge is -2.13. The molecule has 0 spiro atoms. The molecule has 1 aromatic rings. The molecule has 1 aromatic carbocycles. The van der Waals surface area contributed by atoms with Gasteiger partial charge in [-0.3, -0.25) is 0 Å². The molecule has 84 valence electrons. The minimum Gasteiger partial charge on any atom is -0.381 e. The molecule has 16 heavy (non-hydrogen) atoms. The molecule has 1 aliphatic heterocycles. The second-order valence-electron chi connectivity index (χ2n) is 3.79. The van der Waals surface area contributed by atoms with Crippen LogP contribution in [0.3, 0.4) is 0 Å². The molecule has 1 unspecified atom stereocenters. The van der Waals surface area contributed by atoms with Gasteiger partial charge < -0.3 is 10.1 Å². The molecule has 0 bridgehead atoms. The Hall–Kier alpha value is -1.05. The molecule has 1 N–H and O–H groups in total. The average Bonchev–Trinajstić information content (AvgIpc) is 2.79. The third kappa shape index (κ3) is 2.55. The Morgan fingerprint density at radius 1 is 1.56 bits per heavy atom. The quantitative estimate of drug-likeness (QED) is 0.926. The monoisotopic (exact) mass is 280 g/mol. The maximum atomic E-state index is 9.04. The SMILES string of the molecule is N#Cc1c(Br)cccc1NCC1CCCO1. The maximum absolute atomic E-state index is 9.04. The third-order valence-electron chi connectivity index (χ3n) is 2.67. The van der Waals surface area contributed by atoms with E-state index in [-0.39, 0.29) is 6.10 Å². The van der Waals surface area contributed by atoms with Crippen molar-refractivity contribution in [2.75, 3.05) is 18.5 Å². The molecule has 1 saturated heterocycles. The van der Waals surface area contributed by atoms with Gasteiger partial charge >= 0.3 is 0 Å². The van der Waals surface area contributed by atoms with Crippen LogP contribution in [-0.2, 0) is 4.74 Å². The zero-order valence-corrected chi connectivity index (χ0v) is 10.5. The van der Waals surface area contributed by atoms with E-state index in [0.717, 1.165) is 36.2 Å². The second kappa shape index (κ2) is 5.33. The standard InChI is InChI=1S/C12H13BrN2O/c13-11-4-1-5-12(10(11)7-14)15-8-9-3-2-6-16-9/h1,4-5,9,15H,2-3,6,8H2. The Kier molecular flexibility index (Phi) is 3.81. The molecule has 3 nitrogen and oxygen atoms in total. The summed E-state index contributed by atoms with van der Waals surface area (Å²) in [6, 6.07) is 7.89. The van der Waals surface area contributed by atoms with Crippen LogP contribution in [0.2, 0.25) is 0 Å². The number of ether oxygens (including phenoxy) is 1. The molecular weight excluding hydrogens is 268 g/mol. The van der Waals surface area contributed by atoms with E-state index in [1.54, 1.807) is 0 Å². The van der Waals surface area contributed by atoms with Crippen molar-refractivity contribution < 1.29 is 4.74 Å². The number of nitrogens with zero attached hydrogens (tertiary/aromatic N) is 1. The zero-order valence-electron chi connectivity index (χ0n) is 8.87. The summed E-state index contributed by atoms with van der Waals surface area (Å²) < 4.78 is 6.35. The predicted octanol–water partition coefficient (Wildman–Crippen LogP) is 2.91. The first kappa shape index (κ1) is 11.4. The summed E-state index contributed by atoms with van der Waals surface area (Å²) >= 11 is 3.37. The highest BCUT2D eigenvalue weighted by Gasteiger charge is 2.15. The van der Waals surface area contributed by atoms with Crippen LogP contribution in [0.15, 0.2) is 22.7 Å². The summed E-state index contributed by atoms with van der Waals surface area (Å²) in [7, 11) is 0. The fourth-order valence-corrected chi connectivity index (χ4v) is 2.27. The first-order valence-corrected chi connectivity index (χ1v) is 6.14. The van der Waals surface area contributed by atoms with Gasteiger partial charge in [-0.25, -0.2) is 0 Å². The van der Waals surface area contributed by atoms with Crippen LogP contribution in [-0.4, -0.2) is 19.3 Å². The number of benzene rings is 1. The number of anilines is 1. The number of halogens is 1. The van der Waals surface area contributed by atoms with Crippen molar-refractivity contribution in [1.82, 2.24) is 0 Å². The van der Waals surface area contributed by atoms with Gasteiger partial charge in [-0.05, 0) is 40.9 Å². The second-order valence-corrected chi connectivity index (χ2v) is 4.64. The molecule has 0 aliphatic carbocycles. The third-order valence-corrected chi connectivity index (χ3v) is 3.33. The molecule has 1 atom stereocenters. The number of rotatable bonds is 3. The molecular formula is C12H13BrN2O. The molecule has 0 radical (unpaired) electrons. The van der Waals surface area contributed by atoms with E-state index in [9.17, 15) is 0 Å². The van der Waals surface area contributed by atoms with Crippen LogP contribution < -0.4 is 5.32 Å². The Morgan fingerprint density at radius 3 is 3.12 bits per heavy atom. The molecule has 0 aromatic heterocycles. The first-order chi connectivity index (χ1) is 7.81. The van der Waals surface area contributed by atoms with E-state index in [2.05, 4.69) is 27.3 Å². The van der Waals surface area contributed by atoms with Crippen LogP contribution in [0, 0.1) is 11.3 Å². The number of hydrogen-bond donors (Lipinski definition) is 1. The first-order valence-electron chi connectivity index (χ1n) is 5.35. The number of nitrogens with one attached hydrogen (secondary N) is 1. The molecule has 4 heteroatoms. The van der Waals surface area contributed by atoms with E-state index in [1.165, 1.54) is 0 Å². The maximum Gasteiger partial charge on any atom is 0.103 e. The molecule has 1 fully saturated rings. The van der Waals surface area contributed by atoms with Gasteiger partial charge in [0.15, 0.2) is 0 Å². The van der Waals surface area contributed by atoms with Crippen molar-refractivity contribution in [3.63, 3.8) is 0 Å². The smallest absolute Gasteiger partial charge is 0.103 e. The average molecular weight is 281 g/mol. The van der Waals surface area contributed by atoms with Gasteiger partial charge in [0.05, 0.1) is 17.4 Å². The zero-order chi connectivity index (χ0) is 11.4. The van der Waals surface area contributed by atoms with Gasteiger partial charge in [0.25, 0.3) is 0 Å². The summed E-state index contributed by atoms with van der Waals surface area (Å²) in [5.41, 5.74) is 1.52. The van der Waals surface area contributed by atoms with Crippen LogP contribution in [0.5, 0.6) is 0 Å². The van der Waals surface area contributed by atoms with E-state index < -0.39 is 0 Å². The van der Waals surface area contributed by atoms with E-state index in [4.69, 9.17) is 10.00 Å².